The molecule has 0 saturated carbocycles. The molecule has 0 spiro atoms. The number of likely N-dealkylation sites (N-methyl/N-ethyl adjacent to an activating group) is 1. The van der Waals surface area contributed by atoms with E-state index in [2.05, 4.69) is 0 Å². The fourth-order valence-corrected chi connectivity index (χ4v) is 3.08. The van der Waals surface area contributed by atoms with Crippen molar-refractivity contribution in [1.29, 1.82) is 0 Å². The molecule has 2 rings (SSSR count). The molecular weight excluding hydrogens is 409 g/mol. The normalized spacial score (nSPS) is 16.7. The van der Waals surface area contributed by atoms with Crippen LogP contribution < -0.4 is 4.74 Å². The molecule has 110 valence electrons. The van der Waals surface area contributed by atoms with Crippen LogP contribution in [0.2, 0.25) is 0 Å². The average Bonchev–Trinajstić information content (AvgIpc) is 2.65. The minimum absolute atomic E-state index is 0.303. The van der Waals surface area contributed by atoms with E-state index in [1.165, 1.54) is 7.05 Å². The Hall–Kier alpha value is -1.55. The van der Waals surface area contributed by atoms with Crippen molar-refractivity contribution in [3.05, 3.63) is 32.2 Å². The molecule has 0 bridgehead atoms. The summed E-state index contributed by atoms with van der Waals surface area (Å²) >= 11 is 2.90. The molecule has 1 aromatic carbocycles. The molecule has 6 nitrogen and oxygen atoms in total. The molecule has 1 heterocycles. The van der Waals surface area contributed by atoms with Gasteiger partial charge in [-0.2, -0.15) is 0 Å². The SMILES string of the molecule is CN1C(=O)S/C(=C/c2ccc(OCC(=O)O)c(I)c2)C1=O. The quantitative estimate of drug-likeness (QED) is 0.596. The van der Waals surface area contributed by atoms with Gasteiger partial charge in [-0.1, -0.05) is 6.07 Å². The molecule has 1 fully saturated rings. The molecule has 21 heavy (non-hydrogen) atoms. The van der Waals surface area contributed by atoms with Gasteiger partial charge in [-0.3, -0.25) is 14.5 Å². The molecule has 1 aromatic rings. The van der Waals surface area contributed by atoms with E-state index in [-0.39, 0.29) is 11.1 Å². The molecule has 1 N–H and O–H groups in total. The number of carboxylic acids is 1. The Morgan fingerprint density at radius 3 is 2.71 bits per heavy atom. The highest BCUT2D eigenvalue weighted by Gasteiger charge is 2.31. The summed E-state index contributed by atoms with van der Waals surface area (Å²) in [6.07, 6.45) is 1.62. The minimum Gasteiger partial charge on any atom is -0.481 e. The number of carbonyl (C=O) groups excluding carboxylic acids is 2. The zero-order valence-corrected chi connectivity index (χ0v) is 13.8. The van der Waals surface area contributed by atoms with Gasteiger partial charge in [0.15, 0.2) is 6.61 Å². The lowest BCUT2D eigenvalue weighted by Gasteiger charge is -2.06. The second-order valence-electron chi connectivity index (χ2n) is 4.11. The average molecular weight is 419 g/mol. The van der Waals surface area contributed by atoms with E-state index in [1.807, 2.05) is 22.6 Å². The van der Waals surface area contributed by atoms with Crippen LogP contribution in [0.3, 0.4) is 0 Å². The number of nitrogens with zero attached hydrogens (tertiary/aromatic N) is 1. The Kier molecular flexibility index (Phi) is 4.88. The second-order valence-corrected chi connectivity index (χ2v) is 6.27. The van der Waals surface area contributed by atoms with E-state index < -0.39 is 12.6 Å². The van der Waals surface area contributed by atoms with Gasteiger partial charge in [-0.15, -0.1) is 0 Å². The number of hydrogen-bond acceptors (Lipinski definition) is 5. The van der Waals surface area contributed by atoms with E-state index >= 15 is 0 Å². The molecule has 8 heteroatoms. The summed E-state index contributed by atoms with van der Waals surface area (Å²) in [7, 11) is 1.44. The van der Waals surface area contributed by atoms with Crippen molar-refractivity contribution in [1.82, 2.24) is 4.90 Å². The molecular formula is C13H10INO5S. The number of carbonyl (C=O) groups is 3. The van der Waals surface area contributed by atoms with Crippen molar-refractivity contribution in [3.8, 4) is 5.75 Å². The maximum Gasteiger partial charge on any atom is 0.341 e. The van der Waals surface area contributed by atoms with Gasteiger partial charge in [0.1, 0.15) is 5.75 Å². The minimum atomic E-state index is -1.05. The Balaban J connectivity index is 2.19. The fraction of sp³-hybridized carbons (Fsp3) is 0.154. The summed E-state index contributed by atoms with van der Waals surface area (Å²) in [5, 5.41) is 8.27. The summed E-state index contributed by atoms with van der Waals surface area (Å²) in [5.41, 5.74) is 0.737. The monoisotopic (exact) mass is 419 g/mol. The van der Waals surface area contributed by atoms with Crippen LogP contribution in [-0.4, -0.2) is 40.8 Å². The largest absolute Gasteiger partial charge is 0.481 e. The zero-order chi connectivity index (χ0) is 15.6. The Labute approximate surface area is 138 Å². The molecule has 2 amide bonds. The Morgan fingerprint density at radius 1 is 1.48 bits per heavy atom. The predicted octanol–water partition coefficient (Wildman–Crippen LogP) is 2.42. The van der Waals surface area contributed by atoms with Gasteiger partial charge >= 0.3 is 5.97 Å². The van der Waals surface area contributed by atoms with Crippen LogP contribution in [0.1, 0.15) is 5.56 Å². The maximum atomic E-state index is 11.8. The van der Waals surface area contributed by atoms with E-state index in [1.54, 1.807) is 24.3 Å². The topological polar surface area (TPSA) is 83.9 Å². The third kappa shape index (κ3) is 3.76. The number of imide groups is 1. The van der Waals surface area contributed by atoms with Gasteiger partial charge in [0.25, 0.3) is 11.1 Å². The number of halogens is 1. The van der Waals surface area contributed by atoms with Crippen LogP contribution >= 0.6 is 34.4 Å². The number of carboxylic acid groups (broad SMARTS) is 1. The summed E-state index contributed by atoms with van der Waals surface area (Å²) in [6, 6.07) is 5.08. The van der Waals surface area contributed by atoms with E-state index in [4.69, 9.17) is 9.84 Å². The van der Waals surface area contributed by atoms with Crippen LogP contribution in [0, 0.1) is 3.57 Å². The molecule has 0 radical (unpaired) electrons. The number of amides is 2. The van der Waals surface area contributed by atoms with Gasteiger partial charge in [0.05, 0.1) is 8.48 Å². The summed E-state index contributed by atoms with van der Waals surface area (Å²) < 4.78 is 5.84. The van der Waals surface area contributed by atoms with Gasteiger partial charge in [-0.05, 0) is 58.1 Å². The lowest BCUT2D eigenvalue weighted by Crippen LogP contribution is -2.22. The highest BCUT2D eigenvalue weighted by atomic mass is 127. The number of rotatable bonds is 4. The Morgan fingerprint density at radius 2 is 2.19 bits per heavy atom. The lowest BCUT2D eigenvalue weighted by molar-refractivity contribution is -0.139. The summed E-state index contributed by atoms with van der Waals surface area (Å²) in [4.78, 5) is 35.1. The first kappa shape index (κ1) is 15.8. The number of benzene rings is 1. The fourth-order valence-electron chi connectivity index (χ4n) is 1.56. The number of thioether (sulfide) groups is 1. The number of hydrogen-bond donors (Lipinski definition) is 1. The first-order valence-corrected chi connectivity index (χ1v) is 7.63. The zero-order valence-electron chi connectivity index (χ0n) is 10.8. The van der Waals surface area contributed by atoms with Crippen molar-refractivity contribution in [2.75, 3.05) is 13.7 Å². The third-order valence-electron chi connectivity index (χ3n) is 2.59. The molecule has 0 aliphatic carbocycles. The van der Waals surface area contributed by atoms with Crippen molar-refractivity contribution < 1.29 is 24.2 Å². The molecule has 1 saturated heterocycles. The van der Waals surface area contributed by atoms with Crippen LogP contribution in [-0.2, 0) is 9.59 Å². The lowest BCUT2D eigenvalue weighted by atomic mass is 10.2. The number of aliphatic carboxylic acids is 1. The highest BCUT2D eigenvalue weighted by molar-refractivity contribution is 14.1. The summed E-state index contributed by atoms with van der Waals surface area (Å²) in [5.74, 6) is -0.920. The molecule has 1 aliphatic heterocycles. The molecule has 0 atom stereocenters. The van der Waals surface area contributed by atoms with Gasteiger partial charge in [0, 0.05) is 7.05 Å². The van der Waals surface area contributed by atoms with Crippen LogP contribution in [0.5, 0.6) is 5.75 Å². The third-order valence-corrected chi connectivity index (χ3v) is 4.40. The first-order valence-electron chi connectivity index (χ1n) is 5.74. The highest BCUT2D eigenvalue weighted by Crippen LogP contribution is 2.32. The molecule has 0 aromatic heterocycles. The van der Waals surface area contributed by atoms with E-state index in [0.29, 0.717) is 10.7 Å². The van der Waals surface area contributed by atoms with E-state index in [0.717, 1.165) is 25.8 Å². The van der Waals surface area contributed by atoms with Crippen molar-refractivity contribution in [3.63, 3.8) is 0 Å². The molecule has 1 aliphatic rings. The number of ether oxygens (including phenoxy) is 1. The first-order chi connectivity index (χ1) is 9.88. The van der Waals surface area contributed by atoms with Crippen molar-refractivity contribution in [2.45, 2.75) is 0 Å². The van der Waals surface area contributed by atoms with Gasteiger partial charge in [-0.25, -0.2) is 4.79 Å². The van der Waals surface area contributed by atoms with E-state index in [9.17, 15) is 14.4 Å². The Bertz CT molecular complexity index is 658. The van der Waals surface area contributed by atoms with Crippen molar-refractivity contribution in [2.24, 2.45) is 0 Å². The standard InChI is InChI=1S/C13H10INO5S/c1-15-12(18)10(21-13(15)19)5-7-2-3-9(8(14)4-7)20-6-11(16)17/h2-5H,6H2,1H3,(H,16,17)/b10-5+. The van der Waals surface area contributed by atoms with Crippen molar-refractivity contribution >= 4 is 57.5 Å². The second kappa shape index (κ2) is 6.48. The molecule has 0 unspecified atom stereocenters. The van der Waals surface area contributed by atoms with Crippen LogP contribution in [0.25, 0.3) is 6.08 Å². The van der Waals surface area contributed by atoms with Gasteiger partial charge < -0.3 is 9.84 Å². The summed E-state index contributed by atoms with van der Waals surface area (Å²) in [6.45, 7) is -0.413. The van der Waals surface area contributed by atoms with Crippen LogP contribution in [0.4, 0.5) is 4.79 Å². The van der Waals surface area contributed by atoms with Crippen LogP contribution in [0.15, 0.2) is 23.1 Å². The predicted molar refractivity (Wildman–Crippen MR) is 86.0 cm³/mol. The maximum absolute atomic E-state index is 11.8. The van der Waals surface area contributed by atoms with Gasteiger partial charge in [0.2, 0.25) is 0 Å². The smallest absolute Gasteiger partial charge is 0.341 e.